The monoisotopic (exact) mass is 236 g/mol. The zero-order valence-corrected chi connectivity index (χ0v) is 9.72. The van der Waals surface area contributed by atoms with Gasteiger partial charge in [0.25, 0.3) is 5.69 Å². The summed E-state index contributed by atoms with van der Waals surface area (Å²) < 4.78 is 0. The van der Waals surface area contributed by atoms with Gasteiger partial charge in [-0.15, -0.1) is 0 Å². The van der Waals surface area contributed by atoms with Crippen molar-refractivity contribution in [2.45, 2.75) is 31.3 Å². The van der Waals surface area contributed by atoms with E-state index in [2.05, 4.69) is 5.32 Å². The van der Waals surface area contributed by atoms with Crippen LogP contribution in [0.25, 0.3) is 0 Å². The van der Waals surface area contributed by atoms with Gasteiger partial charge in [-0.05, 0) is 25.3 Å². The van der Waals surface area contributed by atoms with E-state index in [1.807, 2.05) is 6.92 Å². The molecule has 92 valence electrons. The molecule has 0 spiro atoms. The Labute approximate surface area is 99.6 Å². The predicted molar refractivity (Wildman–Crippen MR) is 63.7 cm³/mol. The lowest BCUT2D eigenvalue weighted by Crippen LogP contribution is -2.36. The summed E-state index contributed by atoms with van der Waals surface area (Å²) in [5.41, 5.74) is 0.973. The van der Waals surface area contributed by atoms with E-state index in [1.54, 1.807) is 12.1 Å². The van der Waals surface area contributed by atoms with Crippen molar-refractivity contribution in [1.29, 1.82) is 0 Å². The molecule has 0 radical (unpaired) electrons. The van der Waals surface area contributed by atoms with Gasteiger partial charge in [-0.2, -0.15) is 0 Å². The van der Waals surface area contributed by atoms with Gasteiger partial charge in [-0.3, -0.25) is 10.1 Å². The Morgan fingerprint density at radius 1 is 1.47 bits per heavy atom. The van der Waals surface area contributed by atoms with Crippen molar-refractivity contribution in [3.63, 3.8) is 0 Å². The lowest BCUT2D eigenvalue weighted by Gasteiger charge is -2.21. The molecule has 0 aliphatic heterocycles. The summed E-state index contributed by atoms with van der Waals surface area (Å²) in [5, 5.41) is 23.1. The van der Waals surface area contributed by atoms with Crippen LogP contribution in [0.15, 0.2) is 24.3 Å². The molecular formula is C12H16N2O3. The van der Waals surface area contributed by atoms with Crippen LogP contribution in [0.1, 0.15) is 31.4 Å². The molecule has 2 rings (SSSR count). The fraction of sp³-hybridized carbons (Fsp3) is 0.500. The lowest BCUT2D eigenvalue weighted by molar-refractivity contribution is -0.384. The summed E-state index contributed by atoms with van der Waals surface area (Å²) >= 11 is 0. The number of nitrogens with one attached hydrogen (secondary N) is 1. The third kappa shape index (κ3) is 2.62. The van der Waals surface area contributed by atoms with Crippen LogP contribution in [0.2, 0.25) is 0 Å². The van der Waals surface area contributed by atoms with Crippen molar-refractivity contribution in [2.24, 2.45) is 0 Å². The van der Waals surface area contributed by atoms with Gasteiger partial charge in [-0.25, -0.2) is 0 Å². The van der Waals surface area contributed by atoms with Crippen LogP contribution in [-0.4, -0.2) is 22.2 Å². The van der Waals surface area contributed by atoms with Gasteiger partial charge in [0.1, 0.15) is 0 Å². The first-order valence-corrected chi connectivity index (χ1v) is 5.69. The smallest absolute Gasteiger partial charge is 0.269 e. The molecule has 0 bridgehead atoms. The summed E-state index contributed by atoms with van der Waals surface area (Å²) in [6.07, 6.45) is 1.97. The summed E-state index contributed by atoms with van der Waals surface area (Å²) in [4.78, 5) is 10.1. The maximum atomic E-state index is 10.5. The van der Waals surface area contributed by atoms with Gasteiger partial charge in [-0.1, -0.05) is 12.1 Å². The molecule has 1 atom stereocenters. The van der Waals surface area contributed by atoms with Gasteiger partial charge >= 0.3 is 0 Å². The number of non-ortho nitro benzene ring substituents is 1. The molecule has 1 aromatic carbocycles. The van der Waals surface area contributed by atoms with Crippen LogP contribution in [0.5, 0.6) is 0 Å². The molecule has 2 N–H and O–H groups in total. The van der Waals surface area contributed by atoms with Crippen LogP contribution >= 0.6 is 0 Å². The van der Waals surface area contributed by atoms with Gasteiger partial charge in [0.05, 0.1) is 11.5 Å². The molecule has 0 heterocycles. The highest BCUT2D eigenvalue weighted by molar-refractivity contribution is 5.34. The van der Waals surface area contributed by atoms with Gasteiger partial charge in [0.15, 0.2) is 0 Å². The van der Waals surface area contributed by atoms with Gasteiger partial charge in [0, 0.05) is 23.7 Å². The van der Waals surface area contributed by atoms with Crippen LogP contribution in [0.4, 0.5) is 5.69 Å². The van der Waals surface area contributed by atoms with Crippen molar-refractivity contribution in [1.82, 2.24) is 5.32 Å². The third-order valence-electron chi connectivity index (χ3n) is 3.28. The number of nitro groups is 1. The summed E-state index contributed by atoms with van der Waals surface area (Å²) in [5.74, 6) is 0. The maximum Gasteiger partial charge on any atom is 0.269 e. The minimum atomic E-state index is -0.405. The SMILES string of the molecule is CC(NC1(CO)CC1)c1ccc([N+](=O)[O-])cc1. The normalized spacial score (nSPS) is 18.7. The molecule has 0 saturated heterocycles. The number of aliphatic hydroxyl groups is 1. The topological polar surface area (TPSA) is 75.4 Å². The fourth-order valence-corrected chi connectivity index (χ4v) is 1.93. The van der Waals surface area contributed by atoms with Crippen LogP contribution in [0, 0.1) is 10.1 Å². The standard InChI is InChI=1S/C12H16N2O3/c1-9(13-12(8-15)6-7-12)10-2-4-11(5-3-10)14(16)17/h2-5,9,13,15H,6-8H2,1H3. The van der Waals surface area contributed by atoms with Crippen LogP contribution in [0.3, 0.4) is 0 Å². The van der Waals surface area contributed by atoms with Gasteiger partial charge in [0.2, 0.25) is 0 Å². The average molecular weight is 236 g/mol. The first-order valence-electron chi connectivity index (χ1n) is 5.69. The van der Waals surface area contributed by atoms with E-state index < -0.39 is 4.92 Å². The Kier molecular flexibility index (Phi) is 3.13. The molecule has 5 nitrogen and oxygen atoms in total. The van der Waals surface area contributed by atoms with E-state index in [0.29, 0.717) is 0 Å². The second-order valence-corrected chi connectivity index (χ2v) is 4.65. The van der Waals surface area contributed by atoms with Crippen molar-refractivity contribution in [3.05, 3.63) is 39.9 Å². The molecular weight excluding hydrogens is 220 g/mol. The molecule has 5 heteroatoms. The largest absolute Gasteiger partial charge is 0.394 e. The van der Waals surface area contributed by atoms with Crippen LogP contribution in [-0.2, 0) is 0 Å². The van der Waals surface area contributed by atoms with E-state index >= 15 is 0 Å². The van der Waals surface area contributed by atoms with E-state index in [0.717, 1.165) is 18.4 Å². The van der Waals surface area contributed by atoms with Crippen molar-refractivity contribution in [2.75, 3.05) is 6.61 Å². The number of hydrogen-bond donors (Lipinski definition) is 2. The summed E-state index contributed by atoms with van der Waals surface area (Å²) in [6.45, 7) is 2.14. The Bertz CT molecular complexity index is 412. The molecule has 1 unspecified atom stereocenters. The minimum absolute atomic E-state index is 0.0884. The van der Waals surface area contributed by atoms with E-state index in [-0.39, 0.29) is 23.9 Å². The quantitative estimate of drug-likeness (QED) is 0.603. The Morgan fingerprint density at radius 3 is 2.47 bits per heavy atom. The summed E-state index contributed by atoms with van der Waals surface area (Å²) in [7, 11) is 0. The number of nitrogens with zero attached hydrogens (tertiary/aromatic N) is 1. The molecule has 1 aromatic rings. The van der Waals surface area contributed by atoms with E-state index in [1.165, 1.54) is 12.1 Å². The molecule has 1 aliphatic rings. The highest BCUT2D eigenvalue weighted by Gasteiger charge is 2.42. The fourth-order valence-electron chi connectivity index (χ4n) is 1.93. The van der Waals surface area contributed by atoms with Gasteiger partial charge < -0.3 is 10.4 Å². The number of benzene rings is 1. The second kappa shape index (κ2) is 4.43. The Balaban J connectivity index is 2.04. The zero-order chi connectivity index (χ0) is 12.5. The van der Waals surface area contributed by atoms with Crippen LogP contribution < -0.4 is 5.32 Å². The maximum absolute atomic E-state index is 10.5. The Morgan fingerprint density at radius 2 is 2.06 bits per heavy atom. The predicted octanol–water partition coefficient (Wildman–Crippen LogP) is 1.77. The van der Waals surface area contributed by atoms with Crippen molar-refractivity contribution < 1.29 is 10.0 Å². The second-order valence-electron chi connectivity index (χ2n) is 4.65. The third-order valence-corrected chi connectivity index (χ3v) is 3.28. The number of rotatable bonds is 5. The highest BCUT2D eigenvalue weighted by atomic mass is 16.6. The molecule has 1 fully saturated rings. The minimum Gasteiger partial charge on any atom is -0.394 e. The Hall–Kier alpha value is -1.46. The first kappa shape index (κ1) is 12.0. The van der Waals surface area contributed by atoms with Crippen molar-refractivity contribution in [3.8, 4) is 0 Å². The molecule has 0 aromatic heterocycles. The average Bonchev–Trinajstić information content (AvgIpc) is 3.09. The van der Waals surface area contributed by atoms with Crippen molar-refractivity contribution >= 4 is 5.69 Å². The molecule has 0 amide bonds. The number of hydrogen-bond acceptors (Lipinski definition) is 4. The number of nitro benzene ring substituents is 1. The zero-order valence-electron chi connectivity index (χ0n) is 9.72. The highest BCUT2D eigenvalue weighted by Crippen LogP contribution is 2.37. The van der Waals surface area contributed by atoms with E-state index in [4.69, 9.17) is 0 Å². The first-order chi connectivity index (χ1) is 8.06. The number of aliphatic hydroxyl groups excluding tert-OH is 1. The molecule has 17 heavy (non-hydrogen) atoms. The molecule has 1 saturated carbocycles. The summed E-state index contributed by atoms with van der Waals surface area (Å²) in [6, 6.07) is 6.61. The molecule has 1 aliphatic carbocycles. The lowest BCUT2D eigenvalue weighted by atomic mass is 10.1. The van der Waals surface area contributed by atoms with E-state index in [9.17, 15) is 15.2 Å².